The molecule has 0 aliphatic rings. The summed E-state index contributed by atoms with van der Waals surface area (Å²) in [5.74, 6) is 1.73. The average Bonchev–Trinajstić information content (AvgIpc) is 2.68. The average molecular weight is 350 g/mol. The van der Waals surface area contributed by atoms with Gasteiger partial charge >= 0.3 is 0 Å². The van der Waals surface area contributed by atoms with E-state index in [1.807, 2.05) is 48.5 Å². The number of hydrogen-bond acceptors (Lipinski definition) is 6. The van der Waals surface area contributed by atoms with Crippen molar-refractivity contribution in [1.82, 2.24) is 9.97 Å². The van der Waals surface area contributed by atoms with Crippen LogP contribution < -0.4 is 20.5 Å². The van der Waals surface area contributed by atoms with Crippen LogP contribution in [0.3, 0.4) is 0 Å². The van der Waals surface area contributed by atoms with Crippen molar-refractivity contribution in [3.63, 3.8) is 0 Å². The van der Waals surface area contributed by atoms with E-state index in [-0.39, 0.29) is 11.5 Å². The van der Waals surface area contributed by atoms with Gasteiger partial charge in [-0.15, -0.1) is 0 Å². The van der Waals surface area contributed by atoms with Crippen molar-refractivity contribution in [2.24, 2.45) is 5.10 Å². The molecule has 0 saturated carbocycles. The summed E-state index contributed by atoms with van der Waals surface area (Å²) in [6.07, 6.45) is 1.61. The molecule has 2 aromatic carbocycles. The summed E-state index contributed by atoms with van der Waals surface area (Å²) < 4.78 is 10.3. The van der Waals surface area contributed by atoms with Gasteiger partial charge in [0.25, 0.3) is 5.56 Å². The zero-order valence-electron chi connectivity index (χ0n) is 14.4. The zero-order chi connectivity index (χ0) is 18.4. The highest BCUT2D eigenvalue weighted by atomic mass is 16.5. The zero-order valence-corrected chi connectivity index (χ0v) is 14.4. The van der Waals surface area contributed by atoms with Gasteiger partial charge in [-0.2, -0.15) is 5.10 Å². The number of methoxy groups -OCH3 is 2. The van der Waals surface area contributed by atoms with Crippen LogP contribution in [0.5, 0.6) is 11.5 Å². The molecule has 3 rings (SSSR count). The van der Waals surface area contributed by atoms with Gasteiger partial charge in [-0.05, 0) is 42.0 Å². The fourth-order valence-electron chi connectivity index (χ4n) is 2.31. The minimum atomic E-state index is -0.273. The number of hydrazone groups is 1. The number of nitrogens with zero attached hydrogens (tertiary/aromatic N) is 2. The molecule has 2 N–H and O–H groups in total. The Morgan fingerprint density at radius 2 is 1.81 bits per heavy atom. The van der Waals surface area contributed by atoms with Gasteiger partial charge in [-0.1, -0.05) is 12.1 Å². The summed E-state index contributed by atoms with van der Waals surface area (Å²) in [7, 11) is 3.21. The van der Waals surface area contributed by atoms with Crippen molar-refractivity contribution >= 4 is 12.2 Å². The maximum atomic E-state index is 11.9. The minimum absolute atomic E-state index is 0.252. The first-order valence-electron chi connectivity index (χ1n) is 7.87. The first-order chi connectivity index (χ1) is 12.7. The second-order valence-electron chi connectivity index (χ2n) is 5.35. The van der Waals surface area contributed by atoms with Crippen molar-refractivity contribution < 1.29 is 9.47 Å². The number of anilines is 1. The molecule has 0 aliphatic carbocycles. The molecule has 0 amide bonds. The highest BCUT2D eigenvalue weighted by Gasteiger charge is 2.04. The van der Waals surface area contributed by atoms with E-state index < -0.39 is 0 Å². The number of benzene rings is 2. The highest BCUT2D eigenvalue weighted by molar-refractivity contribution is 5.80. The first kappa shape index (κ1) is 17.2. The normalized spacial score (nSPS) is 10.7. The number of aromatic amines is 1. The Balaban J connectivity index is 1.78. The first-order valence-corrected chi connectivity index (χ1v) is 7.87. The van der Waals surface area contributed by atoms with E-state index in [4.69, 9.17) is 9.47 Å². The summed E-state index contributed by atoms with van der Waals surface area (Å²) in [4.78, 5) is 18.9. The lowest BCUT2D eigenvalue weighted by Crippen LogP contribution is -2.10. The minimum Gasteiger partial charge on any atom is -0.497 e. The van der Waals surface area contributed by atoms with E-state index in [9.17, 15) is 4.79 Å². The van der Waals surface area contributed by atoms with Crippen LogP contribution in [0.15, 0.2) is 64.5 Å². The van der Waals surface area contributed by atoms with Crippen LogP contribution in [0.25, 0.3) is 11.3 Å². The molecule has 0 radical (unpaired) electrons. The summed E-state index contributed by atoms with van der Waals surface area (Å²) in [5.41, 5.74) is 4.66. The van der Waals surface area contributed by atoms with Crippen molar-refractivity contribution in [3.8, 4) is 22.8 Å². The molecule has 0 unspecified atom stereocenters. The molecule has 26 heavy (non-hydrogen) atoms. The lowest BCUT2D eigenvalue weighted by Gasteiger charge is -2.05. The third kappa shape index (κ3) is 4.27. The highest BCUT2D eigenvalue weighted by Crippen LogP contribution is 2.20. The third-order valence-corrected chi connectivity index (χ3v) is 3.61. The standard InChI is InChI=1S/C19H18N4O3/c1-25-15-8-6-14(7-9-15)17-11-18(24)22-19(21-17)23-20-12-13-4-3-5-16(10-13)26-2/h3-12H,1-2H3,(H2,21,22,23,24)/b20-12-. The van der Waals surface area contributed by atoms with Gasteiger partial charge in [0.1, 0.15) is 11.5 Å². The van der Waals surface area contributed by atoms with Gasteiger partial charge < -0.3 is 9.47 Å². The lowest BCUT2D eigenvalue weighted by atomic mass is 10.1. The van der Waals surface area contributed by atoms with Gasteiger partial charge in [0.2, 0.25) is 5.95 Å². The molecule has 3 aromatic rings. The summed E-state index contributed by atoms with van der Waals surface area (Å²) >= 11 is 0. The van der Waals surface area contributed by atoms with Crippen LogP contribution in [-0.4, -0.2) is 30.4 Å². The molecule has 0 aliphatic heterocycles. The van der Waals surface area contributed by atoms with Crippen molar-refractivity contribution in [2.45, 2.75) is 0 Å². The van der Waals surface area contributed by atoms with Gasteiger partial charge in [-0.25, -0.2) is 10.4 Å². The van der Waals surface area contributed by atoms with Crippen molar-refractivity contribution in [1.29, 1.82) is 0 Å². The lowest BCUT2D eigenvalue weighted by molar-refractivity contribution is 0.414. The van der Waals surface area contributed by atoms with E-state index >= 15 is 0 Å². The van der Waals surface area contributed by atoms with Crippen LogP contribution in [0.4, 0.5) is 5.95 Å². The molecule has 0 atom stereocenters. The van der Waals surface area contributed by atoms with E-state index in [0.717, 1.165) is 22.6 Å². The molecule has 0 fully saturated rings. The number of rotatable bonds is 6. The molecular weight excluding hydrogens is 332 g/mol. The van der Waals surface area contributed by atoms with E-state index in [2.05, 4.69) is 20.5 Å². The largest absolute Gasteiger partial charge is 0.497 e. The fraction of sp³-hybridized carbons (Fsp3) is 0.105. The summed E-state index contributed by atoms with van der Waals surface area (Å²) in [5, 5.41) is 4.11. The predicted molar refractivity (Wildman–Crippen MR) is 101 cm³/mol. The maximum absolute atomic E-state index is 11.9. The third-order valence-electron chi connectivity index (χ3n) is 3.61. The number of ether oxygens (including phenoxy) is 2. The SMILES string of the molecule is COc1ccc(-c2cc(=O)[nH]c(N/N=C\c3cccc(OC)c3)n2)cc1. The van der Waals surface area contributed by atoms with Gasteiger partial charge in [-0.3, -0.25) is 9.78 Å². The molecule has 1 aromatic heterocycles. The Kier molecular flexibility index (Phi) is 5.28. The van der Waals surface area contributed by atoms with Gasteiger partial charge in [0, 0.05) is 11.6 Å². The summed E-state index contributed by atoms with van der Waals surface area (Å²) in [6, 6.07) is 16.2. The van der Waals surface area contributed by atoms with E-state index in [1.165, 1.54) is 6.07 Å². The van der Waals surface area contributed by atoms with Crippen molar-refractivity contribution in [2.75, 3.05) is 19.6 Å². The van der Waals surface area contributed by atoms with Crippen LogP contribution in [0, 0.1) is 0 Å². The second kappa shape index (κ2) is 7.98. The molecular formula is C19H18N4O3. The van der Waals surface area contributed by atoms with Gasteiger partial charge in [0.15, 0.2) is 0 Å². The molecule has 132 valence electrons. The Morgan fingerprint density at radius 3 is 2.54 bits per heavy atom. The molecule has 1 heterocycles. The Labute approximate surface area is 150 Å². The van der Waals surface area contributed by atoms with Crippen LogP contribution in [0.1, 0.15) is 5.56 Å². The Morgan fingerprint density at radius 1 is 1.04 bits per heavy atom. The topological polar surface area (TPSA) is 88.6 Å². The molecule has 0 saturated heterocycles. The predicted octanol–water partition coefficient (Wildman–Crippen LogP) is 2.90. The smallest absolute Gasteiger partial charge is 0.252 e. The molecule has 0 bridgehead atoms. The van der Waals surface area contributed by atoms with Crippen molar-refractivity contribution in [3.05, 3.63) is 70.5 Å². The Hall–Kier alpha value is -3.61. The molecule has 0 spiro atoms. The number of nitrogens with one attached hydrogen (secondary N) is 2. The molecule has 7 heteroatoms. The van der Waals surface area contributed by atoms with Crippen LogP contribution in [0.2, 0.25) is 0 Å². The quantitative estimate of drug-likeness (QED) is 0.527. The summed E-state index contributed by atoms with van der Waals surface area (Å²) in [6.45, 7) is 0. The van der Waals surface area contributed by atoms with E-state index in [1.54, 1.807) is 20.4 Å². The Bertz CT molecular complexity index is 965. The second-order valence-corrected chi connectivity index (χ2v) is 5.35. The molecule has 7 nitrogen and oxygen atoms in total. The monoisotopic (exact) mass is 350 g/mol. The number of aromatic nitrogens is 2. The van der Waals surface area contributed by atoms with Crippen LogP contribution in [-0.2, 0) is 0 Å². The van der Waals surface area contributed by atoms with Gasteiger partial charge in [0.05, 0.1) is 26.1 Å². The van der Waals surface area contributed by atoms with E-state index in [0.29, 0.717) is 5.69 Å². The number of hydrogen-bond donors (Lipinski definition) is 2. The number of H-pyrrole nitrogens is 1. The van der Waals surface area contributed by atoms with Crippen LogP contribution >= 0.6 is 0 Å². The maximum Gasteiger partial charge on any atom is 0.252 e. The fourth-order valence-corrected chi connectivity index (χ4v) is 2.31.